The van der Waals surface area contributed by atoms with Gasteiger partial charge in [0.05, 0.1) is 12.6 Å². The van der Waals surface area contributed by atoms with Crippen LogP contribution in [0.4, 0.5) is 0 Å². The maximum absolute atomic E-state index is 12.4. The van der Waals surface area contributed by atoms with Crippen LogP contribution >= 0.6 is 0 Å². The van der Waals surface area contributed by atoms with Gasteiger partial charge < -0.3 is 10.2 Å². The van der Waals surface area contributed by atoms with Crippen molar-refractivity contribution in [3.8, 4) is 0 Å². The lowest BCUT2D eigenvalue weighted by Crippen LogP contribution is -2.39. The maximum atomic E-state index is 12.4. The SMILES string of the molecule is Cc1ccccc1C(C)NC(=O)CN(C)C1=NS(=O)(=O)c2ccccc21. The van der Waals surface area contributed by atoms with Crippen LogP contribution in [0.3, 0.4) is 0 Å². The minimum absolute atomic E-state index is 0.0128. The van der Waals surface area contributed by atoms with Crippen molar-refractivity contribution in [1.82, 2.24) is 10.2 Å². The number of amidine groups is 1. The summed E-state index contributed by atoms with van der Waals surface area (Å²) >= 11 is 0. The third-order valence-corrected chi connectivity index (χ3v) is 5.71. The first-order valence-electron chi connectivity index (χ1n) is 8.30. The number of benzene rings is 2. The summed E-state index contributed by atoms with van der Waals surface area (Å²) in [4.78, 5) is 14.2. The second-order valence-electron chi connectivity index (χ2n) is 6.39. The van der Waals surface area contributed by atoms with Crippen LogP contribution in [0.2, 0.25) is 0 Å². The quantitative estimate of drug-likeness (QED) is 0.894. The van der Waals surface area contributed by atoms with E-state index in [-0.39, 0.29) is 23.4 Å². The van der Waals surface area contributed by atoms with Gasteiger partial charge in [-0.25, -0.2) is 0 Å². The summed E-state index contributed by atoms with van der Waals surface area (Å²) in [6.45, 7) is 3.94. The van der Waals surface area contributed by atoms with Crippen molar-refractivity contribution in [1.29, 1.82) is 0 Å². The molecule has 0 aliphatic carbocycles. The van der Waals surface area contributed by atoms with E-state index in [1.165, 1.54) is 6.07 Å². The zero-order valence-electron chi connectivity index (χ0n) is 14.9. The fourth-order valence-corrected chi connectivity index (χ4v) is 4.34. The average molecular weight is 371 g/mol. The number of carbonyl (C=O) groups excluding carboxylic acids is 1. The Morgan fingerprint density at radius 2 is 1.81 bits per heavy atom. The van der Waals surface area contributed by atoms with Crippen LogP contribution in [0.5, 0.6) is 0 Å². The third-order valence-electron chi connectivity index (χ3n) is 4.39. The lowest BCUT2D eigenvalue weighted by atomic mass is 10.0. The normalized spacial score (nSPS) is 15.7. The molecule has 6 nitrogen and oxygen atoms in total. The summed E-state index contributed by atoms with van der Waals surface area (Å²) in [7, 11) is -2.03. The van der Waals surface area contributed by atoms with E-state index in [4.69, 9.17) is 0 Å². The van der Waals surface area contributed by atoms with Crippen molar-refractivity contribution < 1.29 is 13.2 Å². The smallest absolute Gasteiger partial charge is 0.285 e. The van der Waals surface area contributed by atoms with Gasteiger partial charge in [0.2, 0.25) is 5.91 Å². The maximum Gasteiger partial charge on any atom is 0.285 e. The number of aryl methyl sites for hydroxylation is 1. The number of amides is 1. The molecular weight excluding hydrogens is 350 g/mol. The molecule has 1 amide bonds. The number of rotatable bonds is 4. The molecule has 0 saturated heterocycles. The second kappa shape index (κ2) is 6.92. The van der Waals surface area contributed by atoms with Gasteiger partial charge >= 0.3 is 0 Å². The first kappa shape index (κ1) is 18.1. The van der Waals surface area contributed by atoms with Crippen LogP contribution < -0.4 is 5.32 Å². The summed E-state index contributed by atoms with van der Waals surface area (Å²) in [6, 6.07) is 14.4. The topological polar surface area (TPSA) is 78.8 Å². The molecule has 0 saturated carbocycles. The first-order valence-corrected chi connectivity index (χ1v) is 9.74. The minimum atomic E-state index is -3.69. The van der Waals surface area contributed by atoms with Crippen molar-refractivity contribution >= 4 is 21.8 Å². The van der Waals surface area contributed by atoms with Crippen LogP contribution in [0.15, 0.2) is 57.8 Å². The molecule has 136 valence electrons. The van der Waals surface area contributed by atoms with E-state index >= 15 is 0 Å². The zero-order valence-corrected chi connectivity index (χ0v) is 15.7. The predicted molar refractivity (Wildman–Crippen MR) is 101 cm³/mol. The number of nitrogens with zero attached hydrogens (tertiary/aromatic N) is 2. The average Bonchev–Trinajstić information content (AvgIpc) is 2.87. The lowest BCUT2D eigenvalue weighted by Gasteiger charge is -2.21. The summed E-state index contributed by atoms with van der Waals surface area (Å²) in [5, 5.41) is 2.95. The summed E-state index contributed by atoms with van der Waals surface area (Å²) in [6.07, 6.45) is 0. The lowest BCUT2D eigenvalue weighted by molar-refractivity contribution is -0.121. The Kier molecular flexibility index (Phi) is 4.82. The Bertz CT molecular complexity index is 983. The number of hydrogen-bond acceptors (Lipinski definition) is 4. The Labute approximate surface area is 153 Å². The molecule has 1 unspecified atom stereocenters. The fraction of sp³-hybridized carbons (Fsp3) is 0.263. The Balaban J connectivity index is 1.72. The Hall–Kier alpha value is -2.67. The second-order valence-corrected chi connectivity index (χ2v) is 7.96. The van der Waals surface area contributed by atoms with Gasteiger partial charge in [-0.05, 0) is 37.1 Å². The van der Waals surface area contributed by atoms with E-state index in [2.05, 4.69) is 9.71 Å². The van der Waals surface area contributed by atoms with Crippen LogP contribution in [0, 0.1) is 6.92 Å². The van der Waals surface area contributed by atoms with Gasteiger partial charge in [-0.3, -0.25) is 4.79 Å². The van der Waals surface area contributed by atoms with Crippen molar-refractivity contribution in [2.75, 3.05) is 13.6 Å². The highest BCUT2D eigenvalue weighted by atomic mass is 32.2. The monoisotopic (exact) mass is 371 g/mol. The largest absolute Gasteiger partial charge is 0.349 e. The van der Waals surface area contributed by atoms with Crippen LogP contribution in [0.25, 0.3) is 0 Å². The van der Waals surface area contributed by atoms with Crippen molar-refractivity contribution in [3.05, 3.63) is 65.2 Å². The molecule has 1 aliphatic heterocycles. The number of sulfonamides is 1. The molecule has 0 spiro atoms. The molecule has 1 aliphatic rings. The summed E-state index contributed by atoms with van der Waals surface area (Å²) in [5.74, 6) is 0.0898. The molecular formula is C19H21N3O3S. The Morgan fingerprint density at radius 1 is 1.15 bits per heavy atom. The Morgan fingerprint density at radius 3 is 2.54 bits per heavy atom. The number of likely N-dealkylation sites (N-methyl/N-ethyl adjacent to an activating group) is 1. The van der Waals surface area contributed by atoms with Crippen molar-refractivity contribution in [3.63, 3.8) is 0 Å². The first-order chi connectivity index (χ1) is 12.3. The molecule has 2 aromatic rings. The minimum Gasteiger partial charge on any atom is -0.349 e. The van der Waals surface area contributed by atoms with Crippen molar-refractivity contribution in [2.24, 2.45) is 4.40 Å². The van der Waals surface area contributed by atoms with Gasteiger partial charge in [-0.2, -0.15) is 8.42 Å². The number of carbonyl (C=O) groups is 1. The van der Waals surface area contributed by atoms with Gasteiger partial charge in [-0.1, -0.05) is 36.4 Å². The molecule has 7 heteroatoms. The van der Waals surface area contributed by atoms with Crippen LogP contribution in [0.1, 0.15) is 29.7 Å². The van der Waals surface area contributed by atoms with E-state index in [0.29, 0.717) is 11.4 Å². The van der Waals surface area contributed by atoms with E-state index < -0.39 is 10.0 Å². The highest BCUT2D eigenvalue weighted by Crippen LogP contribution is 2.26. The van der Waals surface area contributed by atoms with Gasteiger partial charge in [0, 0.05) is 12.6 Å². The van der Waals surface area contributed by atoms with E-state index in [1.54, 1.807) is 30.1 Å². The predicted octanol–water partition coefficient (Wildman–Crippen LogP) is 2.25. The van der Waals surface area contributed by atoms with Crippen LogP contribution in [-0.4, -0.2) is 38.7 Å². The molecule has 0 aromatic heterocycles. The van der Waals surface area contributed by atoms with Gasteiger partial charge in [0.15, 0.2) is 5.84 Å². The molecule has 2 aromatic carbocycles. The molecule has 1 atom stereocenters. The van der Waals surface area contributed by atoms with E-state index in [9.17, 15) is 13.2 Å². The molecule has 1 heterocycles. The number of nitrogens with one attached hydrogen (secondary N) is 1. The summed E-state index contributed by atoms with van der Waals surface area (Å²) < 4.78 is 28.1. The number of fused-ring (bicyclic) bond motifs is 1. The molecule has 3 rings (SSSR count). The van der Waals surface area contributed by atoms with Gasteiger partial charge in [0.1, 0.15) is 4.90 Å². The highest BCUT2D eigenvalue weighted by Gasteiger charge is 2.31. The van der Waals surface area contributed by atoms with Gasteiger partial charge in [-0.15, -0.1) is 4.40 Å². The standard InChI is InChI=1S/C19H21N3O3S/c1-13-8-4-5-9-15(13)14(2)20-18(23)12-22(3)19-16-10-6-7-11-17(16)26(24,25)21-19/h4-11,14H,12H2,1-3H3,(H,20,23). The molecule has 0 bridgehead atoms. The highest BCUT2D eigenvalue weighted by molar-refractivity contribution is 7.90. The van der Waals surface area contributed by atoms with Crippen LogP contribution in [-0.2, 0) is 14.8 Å². The molecule has 0 fully saturated rings. The molecule has 0 radical (unpaired) electrons. The molecule has 1 N–H and O–H groups in total. The number of hydrogen-bond donors (Lipinski definition) is 1. The summed E-state index contributed by atoms with van der Waals surface area (Å²) in [5.41, 5.74) is 2.68. The molecule has 26 heavy (non-hydrogen) atoms. The zero-order chi connectivity index (χ0) is 18.9. The van der Waals surface area contributed by atoms with E-state index in [0.717, 1.165) is 11.1 Å². The van der Waals surface area contributed by atoms with Gasteiger partial charge in [0.25, 0.3) is 10.0 Å². The fourth-order valence-electron chi connectivity index (χ4n) is 3.09. The van der Waals surface area contributed by atoms with E-state index in [1.807, 2.05) is 38.1 Å². The third kappa shape index (κ3) is 3.48. The van der Waals surface area contributed by atoms with Crippen molar-refractivity contribution in [2.45, 2.75) is 24.8 Å².